The minimum absolute atomic E-state index is 0.128. The predicted octanol–water partition coefficient (Wildman–Crippen LogP) is 2.34. The number of benzene rings is 1. The number of nitrogens with two attached hydrogens (primary N) is 1. The molecule has 0 unspecified atom stereocenters. The molecule has 0 radical (unpaired) electrons. The van der Waals surface area contributed by atoms with Gasteiger partial charge in [-0.1, -0.05) is 53.4 Å². The third-order valence-electron chi connectivity index (χ3n) is 3.36. The van der Waals surface area contributed by atoms with Crippen molar-refractivity contribution in [3.63, 3.8) is 0 Å². The third-order valence-corrected chi connectivity index (χ3v) is 5.38. The van der Waals surface area contributed by atoms with E-state index in [2.05, 4.69) is 4.98 Å². The molecule has 0 saturated carbocycles. The number of ether oxygens (including phenoxy) is 1. The smallest absolute Gasteiger partial charge is 0.233 e. The van der Waals surface area contributed by atoms with Crippen LogP contribution in [0.1, 0.15) is 0 Å². The molecule has 1 aliphatic heterocycles. The molecule has 1 fully saturated rings. The van der Waals surface area contributed by atoms with Gasteiger partial charge in [-0.15, -0.1) is 0 Å². The Morgan fingerprint density at radius 3 is 2.77 bits per heavy atom. The fourth-order valence-electron chi connectivity index (χ4n) is 2.20. The van der Waals surface area contributed by atoms with Crippen LogP contribution in [-0.2, 0) is 9.53 Å². The number of aromatic nitrogens is 1. The molecule has 5 nitrogen and oxygen atoms in total. The summed E-state index contributed by atoms with van der Waals surface area (Å²) in [5, 5.41) is 0.688. The summed E-state index contributed by atoms with van der Waals surface area (Å²) in [7, 11) is 0. The van der Waals surface area contributed by atoms with E-state index in [-0.39, 0.29) is 5.91 Å². The van der Waals surface area contributed by atoms with E-state index in [9.17, 15) is 4.79 Å². The van der Waals surface area contributed by atoms with Crippen LogP contribution < -0.4 is 5.73 Å². The quantitative estimate of drug-likeness (QED) is 0.869. The summed E-state index contributed by atoms with van der Waals surface area (Å²) >= 11 is 2.88. The zero-order chi connectivity index (χ0) is 15.4. The SMILES string of the molecule is Nc1sc(SCC(=O)N2CCOCC2)nc1-c1ccccc1. The van der Waals surface area contributed by atoms with Crippen molar-refractivity contribution in [2.75, 3.05) is 37.8 Å². The summed E-state index contributed by atoms with van der Waals surface area (Å²) in [6, 6.07) is 9.85. The van der Waals surface area contributed by atoms with Crippen molar-refractivity contribution >= 4 is 34.0 Å². The van der Waals surface area contributed by atoms with Crippen LogP contribution in [0.4, 0.5) is 5.00 Å². The van der Waals surface area contributed by atoms with E-state index in [4.69, 9.17) is 10.5 Å². The van der Waals surface area contributed by atoms with Gasteiger partial charge < -0.3 is 15.4 Å². The number of amides is 1. The maximum Gasteiger partial charge on any atom is 0.233 e. The van der Waals surface area contributed by atoms with Gasteiger partial charge in [0.05, 0.1) is 19.0 Å². The molecule has 1 aliphatic rings. The van der Waals surface area contributed by atoms with Crippen LogP contribution in [-0.4, -0.2) is 47.8 Å². The lowest BCUT2D eigenvalue weighted by atomic mass is 10.2. The number of hydrogen-bond donors (Lipinski definition) is 1. The molecule has 116 valence electrons. The second-order valence-electron chi connectivity index (χ2n) is 4.84. The van der Waals surface area contributed by atoms with E-state index in [1.807, 2.05) is 35.2 Å². The van der Waals surface area contributed by atoms with Crippen molar-refractivity contribution in [1.29, 1.82) is 0 Å². The Kier molecular flexibility index (Phi) is 4.97. The maximum absolute atomic E-state index is 12.1. The second kappa shape index (κ2) is 7.13. The molecule has 2 heterocycles. The first-order valence-electron chi connectivity index (χ1n) is 7.04. The van der Waals surface area contributed by atoms with Crippen LogP contribution in [0, 0.1) is 0 Å². The first kappa shape index (κ1) is 15.3. The van der Waals surface area contributed by atoms with Crippen molar-refractivity contribution in [2.45, 2.75) is 4.34 Å². The lowest BCUT2D eigenvalue weighted by Crippen LogP contribution is -2.41. The van der Waals surface area contributed by atoms with Crippen LogP contribution in [0.15, 0.2) is 34.7 Å². The standard InChI is InChI=1S/C15H17N3O2S2/c16-14-13(11-4-2-1-3-5-11)17-15(22-14)21-10-12(19)18-6-8-20-9-7-18/h1-5H,6-10,16H2. The number of nitrogen functional groups attached to an aromatic ring is 1. The van der Waals surface area contributed by atoms with Crippen LogP contribution in [0.25, 0.3) is 11.3 Å². The molecule has 2 N–H and O–H groups in total. The summed E-state index contributed by atoms with van der Waals surface area (Å²) in [5.74, 6) is 0.518. The summed E-state index contributed by atoms with van der Waals surface area (Å²) in [6.07, 6.45) is 0. The molecule has 22 heavy (non-hydrogen) atoms. The number of carbonyl (C=O) groups is 1. The van der Waals surface area contributed by atoms with E-state index in [1.54, 1.807) is 0 Å². The molecule has 0 aliphatic carbocycles. The molecule has 0 atom stereocenters. The van der Waals surface area contributed by atoms with Gasteiger partial charge >= 0.3 is 0 Å². The number of nitrogens with zero attached hydrogens (tertiary/aromatic N) is 2. The third kappa shape index (κ3) is 3.60. The Morgan fingerprint density at radius 1 is 1.32 bits per heavy atom. The zero-order valence-corrected chi connectivity index (χ0v) is 13.7. The van der Waals surface area contributed by atoms with Crippen LogP contribution >= 0.6 is 23.1 Å². The first-order chi connectivity index (χ1) is 10.7. The Balaban J connectivity index is 1.63. The number of thiazole rings is 1. The molecule has 1 aromatic carbocycles. The van der Waals surface area contributed by atoms with Gasteiger partial charge in [0.25, 0.3) is 0 Å². The molecular weight excluding hydrogens is 318 g/mol. The average molecular weight is 335 g/mol. The highest BCUT2D eigenvalue weighted by molar-refractivity contribution is 8.01. The number of hydrogen-bond acceptors (Lipinski definition) is 6. The minimum atomic E-state index is 0.128. The predicted molar refractivity (Wildman–Crippen MR) is 90.1 cm³/mol. The van der Waals surface area contributed by atoms with Gasteiger partial charge in [0, 0.05) is 18.7 Å². The highest BCUT2D eigenvalue weighted by Gasteiger charge is 2.18. The first-order valence-corrected chi connectivity index (χ1v) is 8.84. The largest absolute Gasteiger partial charge is 0.389 e. The molecule has 3 rings (SSSR count). The average Bonchev–Trinajstić information content (AvgIpc) is 2.95. The van der Waals surface area contributed by atoms with E-state index >= 15 is 0 Å². The summed E-state index contributed by atoms with van der Waals surface area (Å²) in [4.78, 5) is 18.5. The topological polar surface area (TPSA) is 68.5 Å². The maximum atomic E-state index is 12.1. The number of thioether (sulfide) groups is 1. The van der Waals surface area contributed by atoms with Crippen LogP contribution in [0.2, 0.25) is 0 Å². The number of carbonyl (C=O) groups excluding carboxylic acids is 1. The van der Waals surface area contributed by atoms with Gasteiger partial charge in [0.2, 0.25) is 5.91 Å². The van der Waals surface area contributed by atoms with Gasteiger partial charge in [-0.3, -0.25) is 4.79 Å². The van der Waals surface area contributed by atoms with Crippen molar-refractivity contribution in [3.8, 4) is 11.3 Å². The summed E-state index contributed by atoms with van der Waals surface area (Å²) in [6.45, 7) is 2.60. The monoisotopic (exact) mass is 335 g/mol. The second-order valence-corrected chi connectivity index (χ2v) is 7.09. The molecule has 1 amide bonds. The van der Waals surface area contributed by atoms with Crippen molar-refractivity contribution < 1.29 is 9.53 Å². The van der Waals surface area contributed by atoms with E-state index in [0.29, 0.717) is 37.1 Å². The zero-order valence-electron chi connectivity index (χ0n) is 12.0. The molecule has 7 heteroatoms. The minimum Gasteiger partial charge on any atom is -0.389 e. The van der Waals surface area contributed by atoms with E-state index in [0.717, 1.165) is 15.6 Å². The number of rotatable bonds is 4. The highest BCUT2D eigenvalue weighted by atomic mass is 32.2. The molecule has 2 aromatic rings. The normalized spacial score (nSPS) is 15.0. The Hall–Kier alpha value is -1.57. The highest BCUT2D eigenvalue weighted by Crippen LogP contribution is 2.35. The molecule has 1 saturated heterocycles. The van der Waals surface area contributed by atoms with Gasteiger partial charge in [0.1, 0.15) is 10.7 Å². The fraction of sp³-hybridized carbons (Fsp3) is 0.333. The van der Waals surface area contributed by atoms with Gasteiger partial charge in [-0.05, 0) is 0 Å². The Morgan fingerprint density at radius 2 is 2.05 bits per heavy atom. The van der Waals surface area contributed by atoms with Crippen LogP contribution in [0.3, 0.4) is 0 Å². The van der Waals surface area contributed by atoms with Gasteiger partial charge in [0.15, 0.2) is 4.34 Å². The number of anilines is 1. The molecular formula is C15H17N3O2S2. The van der Waals surface area contributed by atoms with Crippen LogP contribution in [0.5, 0.6) is 0 Å². The van der Waals surface area contributed by atoms with E-state index < -0.39 is 0 Å². The van der Waals surface area contributed by atoms with E-state index in [1.165, 1.54) is 23.1 Å². The number of morpholine rings is 1. The molecule has 0 bridgehead atoms. The van der Waals surface area contributed by atoms with Crippen molar-refractivity contribution in [2.24, 2.45) is 0 Å². The lowest BCUT2D eigenvalue weighted by Gasteiger charge is -2.26. The molecule has 1 aromatic heterocycles. The van der Waals surface area contributed by atoms with Gasteiger partial charge in [-0.2, -0.15) is 0 Å². The van der Waals surface area contributed by atoms with Crippen molar-refractivity contribution in [1.82, 2.24) is 9.88 Å². The van der Waals surface area contributed by atoms with Crippen molar-refractivity contribution in [3.05, 3.63) is 30.3 Å². The Bertz CT molecular complexity index is 639. The molecule has 0 spiro atoms. The fourth-order valence-corrected chi connectivity index (χ4v) is 4.06. The Labute approximate surface area is 137 Å². The summed E-state index contributed by atoms with van der Waals surface area (Å²) < 4.78 is 6.08. The summed E-state index contributed by atoms with van der Waals surface area (Å²) in [5.41, 5.74) is 7.85. The lowest BCUT2D eigenvalue weighted by molar-refractivity contribution is -0.132. The van der Waals surface area contributed by atoms with Gasteiger partial charge in [-0.25, -0.2) is 4.98 Å².